The number of halogens is 1. The number of hydrogen-bond donors (Lipinski definition) is 0. The maximum absolute atomic E-state index is 6.99. The summed E-state index contributed by atoms with van der Waals surface area (Å²) < 4.78 is 9.92. The lowest BCUT2D eigenvalue weighted by molar-refractivity contribution is 0.0930. The van der Waals surface area contributed by atoms with Crippen LogP contribution in [0.3, 0.4) is 0 Å². The minimum absolute atomic E-state index is 0.00853. The van der Waals surface area contributed by atoms with Gasteiger partial charge in [-0.25, -0.2) is 0 Å². The van der Waals surface area contributed by atoms with Crippen LogP contribution in [0.25, 0.3) is 71.7 Å². The fraction of sp³-hybridized carbons (Fsp3) is 0.172. The number of hydrogen-bond acceptors (Lipinski definition) is 2. The average molecular weight is 913 g/mol. The first-order valence-corrected chi connectivity index (χ1v) is 23.6. The van der Waals surface area contributed by atoms with Gasteiger partial charge in [0.2, 0.25) is 0 Å². The fourth-order valence-corrected chi connectivity index (χ4v) is 14.5. The number of nitrogens with zero attached hydrogens (tertiary/aromatic N) is 2. The smallest absolute Gasteiger partial charge is 0.143 e. The van der Waals surface area contributed by atoms with Crippen molar-refractivity contribution in [2.45, 2.75) is 41.9 Å². The van der Waals surface area contributed by atoms with E-state index >= 15 is 0 Å². The molecule has 2 saturated carbocycles. The Bertz CT molecular complexity index is 3340. The minimum Gasteiger partial charge on any atom is -0.455 e. The van der Waals surface area contributed by atoms with Gasteiger partial charge in [0.25, 0.3) is 0 Å². The van der Waals surface area contributed by atoms with Crippen LogP contribution in [0.5, 0.6) is 0 Å². The molecule has 0 amide bonds. The molecule has 3 nitrogen and oxygen atoms in total. The lowest BCUT2D eigenvalue weighted by atomic mass is 9.51. The highest BCUT2D eigenvalue weighted by Crippen LogP contribution is 2.64. The molecule has 4 atom stereocenters. The summed E-state index contributed by atoms with van der Waals surface area (Å²) >= 11 is 2.85. The van der Waals surface area contributed by atoms with Crippen LogP contribution in [0, 0.1) is 17.8 Å². The lowest BCUT2D eigenvalue weighted by Gasteiger charge is -2.58. The monoisotopic (exact) mass is 912 g/mol. The van der Waals surface area contributed by atoms with Crippen LogP contribution < -0.4 is 4.90 Å². The van der Waals surface area contributed by atoms with Gasteiger partial charge in [0.1, 0.15) is 11.2 Å². The summed E-state index contributed by atoms with van der Waals surface area (Å²) in [5.74, 6) is 2.23. The number of furan rings is 1. The largest absolute Gasteiger partial charge is 0.455 e. The molecule has 2 bridgehead atoms. The molecule has 0 N–H and O–H groups in total. The molecule has 1 spiro atoms. The summed E-state index contributed by atoms with van der Waals surface area (Å²) in [4.78, 5) is 2.55. The van der Waals surface area contributed by atoms with E-state index in [-0.39, 0.29) is 5.41 Å². The summed E-state index contributed by atoms with van der Waals surface area (Å²) in [6, 6.07) is 67.3. The Morgan fingerprint density at radius 2 is 1.16 bits per heavy atom. The van der Waals surface area contributed by atoms with Crippen LogP contribution in [0.1, 0.15) is 43.7 Å². The minimum atomic E-state index is -0.00853. The standard InChI is InChI=1S/C58H45IN2O/c1-36-31-37-33-39(32-36)58(54(59)34-37)47-24-6-9-27-50(47)61(51-28-10-7-25-48(51)58)41-18-11-15-38(35-41)42-20-12-23-46-56-44(22-14-30-53(56)62-57(42)46)43-21-13-29-52-55(43)45-19-5-8-26-49(45)60(52)40-16-3-2-4-17-40/h2-30,35-37,39,54H,31-34H2,1H3/t36-,37?,39?,54+/m0/s1. The van der Waals surface area contributed by atoms with Crippen molar-refractivity contribution in [2.24, 2.45) is 17.8 Å². The summed E-state index contributed by atoms with van der Waals surface area (Å²) in [7, 11) is 0. The number of benzene rings is 8. The van der Waals surface area contributed by atoms with Crippen molar-refractivity contribution in [2.75, 3.05) is 4.90 Å². The SMILES string of the molecule is C[C@H]1CC2CC(C1)C1(c3ccccc3N(c3cccc(-c4cccc5c4oc4cccc(-c6cccc7c6c6ccccc6n7-c6ccccc6)c45)c3)c3ccccc31)[C@H](I)C2. The van der Waals surface area contributed by atoms with E-state index in [1.807, 2.05) is 0 Å². The van der Waals surface area contributed by atoms with Gasteiger partial charge in [0.15, 0.2) is 0 Å². The molecular formula is C58H45IN2O. The number of rotatable bonds is 4. The van der Waals surface area contributed by atoms with E-state index in [0.717, 1.165) is 50.6 Å². The number of para-hydroxylation sites is 5. The van der Waals surface area contributed by atoms with Gasteiger partial charge in [-0.15, -0.1) is 0 Å². The summed E-state index contributed by atoms with van der Waals surface area (Å²) in [5, 5.41) is 4.77. The van der Waals surface area contributed by atoms with Crippen molar-refractivity contribution in [3.8, 4) is 27.9 Å². The highest BCUT2D eigenvalue weighted by atomic mass is 127. The molecule has 2 aliphatic carbocycles. The van der Waals surface area contributed by atoms with Gasteiger partial charge < -0.3 is 13.9 Å². The van der Waals surface area contributed by atoms with E-state index in [0.29, 0.717) is 9.84 Å². The van der Waals surface area contributed by atoms with E-state index in [2.05, 4.69) is 221 Å². The Morgan fingerprint density at radius 1 is 0.532 bits per heavy atom. The van der Waals surface area contributed by atoms with Gasteiger partial charge in [-0.1, -0.05) is 157 Å². The molecule has 300 valence electrons. The predicted octanol–water partition coefficient (Wildman–Crippen LogP) is 16.3. The molecule has 2 unspecified atom stereocenters. The van der Waals surface area contributed by atoms with E-state index in [1.54, 1.807) is 0 Å². The van der Waals surface area contributed by atoms with Crippen molar-refractivity contribution in [3.05, 3.63) is 193 Å². The van der Waals surface area contributed by atoms with Gasteiger partial charge in [-0.05, 0) is 126 Å². The lowest BCUT2D eigenvalue weighted by Crippen LogP contribution is -2.54. The predicted molar refractivity (Wildman–Crippen MR) is 267 cm³/mol. The Kier molecular flexibility index (Phi) is 8.22. The first-order chi connectivity index (χ1) is 30.6. The highest BCUT2D eigenvalue weighted by molar-refractivity contribution is 14.1. The quantitative estimate of drug-likeness (QED) is 0.130. The van der Waals surface area contributed by atoms with Gasteiger partial charge >= 0.3 is 0 Å². The van der Waals surface area contributed by atoms with Crippen molar-refractivity contribution < 1.29 is 4.42 Å². The second kappa shape index (κ2) is 14.0. The van der Waals surface area contributed by atoms with Crippen molar-refractivity contribution in [1.29, 1.82) is 0 Å². The first-order valence-electron chi connectivity index (χ1n) is 22.3. The Labute approximate surface area is 375 Å². The molecule has 4 heteroatoms. The van der Waals surface area contributed by atoms with E-state index < -0.39 is 0 Å². The molecule has 2 fully saturated rings. The van der Waals surface area contributed by atoms with Crippen LogP contribution in [0.15, 0.2) is 186 Å². The molecule has 3 heterocycles. The van der Waals surface area contributed by atoms with Crippen LogP contribution in [-0.4, -0.2) is 8.49 Å². The highest BCUT2D eigenvalue weighted by Gasteiger charge is 2.57. The third-order valence-corrected chi connectivity index (χ3v) is 16.3. The topological polar surface area (TPSA) is 21.3 Å². The fourth-order valence-electron chi connectivity index (χ4n) is 12.6. The maximum atomic E-state index is 6.99. The van der Waals surface area contributed by atoms with E-state index in [4.69, 9.17) is 4.42 Å². The normalized spacial score (nSPS) is 20.3. The maximum Gasteiger partial charge on any atom is 0.143 e. The molecule has 62 heavy (non-hydrogen) atoms. The Hall–Kier alpha value is -6.11. The number of alkyl halides is 1. The number of fused-ring (bicyclic) bond motifs is 13. The van der Waals surface area contributed by atoms with Crippen molar-refractivity contribution >= 4 is 83.4 Å². The summed E-state index contributed by atoms with van der Waals surface area (Å²) in [6.45, 7) is 2.49. The average Bonchev–Trinajstić information content (AvgIpc) is 3.87. The van der Waals surface area contributed by atoms with Gasteiger partial charge in [-0.2, -0.15) is 0 Å². The van der Waals surface area contributed by atoms with E-state index in [9.17, 15) is 0 Å². The zero-order chi connectivity index (χ0) is 41.1. The molecule has 13 rings (SSSR count). The number of anilines is 3. The molecule has 10 aromatic rings. The zero-order valence-corrected chi connectivity index (χ0v) is 36.8. The molecule has 0 radical (unpaired) electrons. The molecule has 8 aromatic carbocycles. The molecular weight excluding hydrogens is 868 g/mol. The van der Waals surface area contributed by atoms with Crippen LogP contribution in [0.2, 0.25) is 0 Å². The first kappa shape index (κ1) is 36.5. The number of aromatic nitrogens is 1. The Morgan fingerprint density at radius 3 is 1.98 bits per heavy atom. The molecule has 2 aromatic heterocycles. The van der Waals surface area contributed by atoms with Crippen LogP contribution >= 0.6 is 22.6 Å². The Balaban J connectivity index is 0.972. The van der Waals surface area contributed by atoms with E-state index in [1.165, 1.54) is 86.8 Å². The summed E-state index contributed by atoms with van der Waals surface area (Å²) in [5.41, 5.74) is 16.8. The zero-order valence-electron chi connectivity index (χ0n) is 34.6. The third-order valence-electron chi connectivity index (χ3n) is 14.8. The van der Waals surface area contributed by atoms with Gasteiger partial charge in [0.05, 0.1) is 22.4 Å². The molecule has 1 aliphatic heterocycles. The van der Waals surface area contributed by atoms with Crippen molar-refractivity contribution in [3.63, 3.8) is 0 Å². The van der Waals surface area contributed by atoms with Crippen LogP contribution in [-0.2, 0) is 5.41 Å². The molecule has 3 aliphatic rings. The van der Waals surface area contributed by atoms with Gasteiger partial charge in [0, 0.05) is 47.8 Å². The second-order valence-electron chi connectivity index (χ2n) is 18.2. The second-order valence-corrected chi connectivity index (χ2v) is 19.7. The summed E-state index contributed by atoms with van der Waals surface area (Å²) in [6.07, 6.45) is 5.29. The van der Waals surface area contributed by atoms with Gasteiger partial charge in [-0.3, -0.25) is 0 Å². The molecule has 0 saturated heterocycles. The van der Waals surface area contributed by atoms with Crippen molar-refractivity contribution in [1.82, 2.24) is 4.57 Å². The van der Waals surface area contributed by atoms with Crippen LogP contribution in [0.4, 0.5) is 17.1 Å². The third kappa shape index (κ3) is 5.16.